The lowest BCUT2D eigenvalue weighted by Gasteiger charge is -2.05. The van der Waals surface area contributed by atoms with Crippen molar-refractivity contribution in [1.82, 2.24) is 9.97 Å². The summed E-state index contributed by atoms with van der Waals surface area (Å²) in [5.74, 6) is 0.674. The van der Waals surface area contributed by atoms with Gasteiger partial charge in [0, 0.05) is 16.0 Å². The average molecular weight is 305 g/mol. The molecular formula is C9H7BrClN3S. The maximum Gasteiger partial charge on any atom is 0.145 e. The second-order valence-corrected chi connectivity index (χ2v) is 4.86. The fraction of sp³-hybridized carbons (Fsp3) is 0.111. The van der Waals surface area contributed by atoms with Gasteiger partial charge in [-0.3, -0.25) is 0 Å². The van der Waals surface area contributed by atoms with Crippen LogP contribution >= 0.6 is 38.9 Å². The van der Waals surface area contributed by atoms with Crippen molar-refractivity contribution in [3.05, 3.63) is 38.3 Å². The summed E-state index contributed by atoms with van der Waals surface area (Å²) in [6.07, 6.45) is 1.70. The fourth-order valence-corrected chi connectivity index (χ4v) is 2.30. The maximum absolute atomic E-state index is 6.00. The molecule has 78 valence electrons. The molecule has 2 aromatic heterocycles. The highest BCUT2D eigenvalue weighted by Crippen LogP contribution is 2.23. The molecule has 0 unspecified atom stereocenters. The number of rotatable bonds is 3. The van der Waals surface area contributed by atoms with Crippen LogP contribution in [0.4, 0.5) is 5.82 Å². The second kappa shape index (κ2) is 4.92. The highest BCUT2D eigenvalue weighted by atomic mass is 79.9. The van der Waals surface area contributed by atoms with Gasteiger partial charge in [0.15, 0.2) is 0 Å². The summed E-state index contributed by atoms with van der Waals surface area (Å²) >= 11 is 10.9. The SMILES string of the molecule is Clc1cc(Br)cnc1NCc1cscn1. The number of hydrogen-bond donors (Lipinski definition) is 1. The molecule has 2 rings (SSSR count). The van der Waals surface area contributed by atoms with Crippen molar-refractivity contribution < 1.29 is 0 Å². The predicted molar refractivity (Wildman–Crippen MR) is 66.4 cm³/mol. The molecule has 0 spiro atoms. The smallest absolute Gasteiger partial charge is 0.145 e. The molecule has 15 heavy (non-hydrogen) atoms. The Morgan fingerprint density at radius 1 is 1.47 bits per heavy atom. The molecule has 0 aliphatic rings. The lowest BCUT2D eigenvalue weighted by molar-refractivity contribution is 1.05. The van der Waals surface area contributed by atoms with E-state index in [9.17, 15) is 0 Å². The van der Waals surface area contributed by atoms with E-state index in [1.54, 1.807) is 29.1 Å². The molecule has 0 bridgehead atoms. The largest absolute Gasteiger partial charge is 0.363 e. The summed E-state index contributed by atoms with van der Waals surface area (Å²) in [4.78, 5) is 8.32. The molecule has 0 aliphatic heterocycles. The molecule has 2 heterocycles. The van der Waals surface area contributed by atoms with Gasteiger partial charge in [-0.2, -0.15) is 0 Å². The Morgan fingerprint density at radius 2 is 2.33 bits per heavy atom. The van der Waals surface area contributed by atoms with Gasteiger partial charge in [-0.05, 0) is 22.0 Å². The highest BCUT2D eigenvalue weighted by Gasteiger charge is 2.02. The van der Waals surface area contributed by atoms with Gasteiger partial charge in [-0.1, -0.05) is 11.6 Å². The van der Waals surface area contributed by atoms with Crippen molar-refractivity contribution in [3.63, 3.8) is 0 Å². The van der Waals surface area contributed by atoms with Crippen LogP contribution in [-0.2, 0) is 6.54 Å². The molecule has 2 aromatic rings. The van der Waals surface area contributed by atoms with Crippen LogP contribution in [0.15, 0.2) is 27.6 Å². The third-order valence-corrected chi connectivity index (χ3v) is 3.09. The Hall–Kier alpha value is -0.650. The minimum Gasteiger partial charge on any atom is -0.363 e. The summed E-state index contributed by atoms with van der Waals surface area (Å²) in [5.41, 5.74) is 2.79. The molecule has 0 atom stereocenters. The first-order valence-electron chi connectivity index (χ1n) is 4.17. The molecular weight excluding hydrogens is 298 g/mol. The van der Waals surface area contributed by atoms with Crippen LogP contribution in [0.3, 0.4) is 0 Å². The summed E-state index contributed by atoms with van der Waals surface area (Å²) in [7, 11) is 0. The third kappa shape index (κ3) is 2.90. The zero-order valence-corrected chi connectivity index (χ0v) is 10.7. The van der Waals surface area contributed by atoms with E-state index in [1.165, 1.54) is 0 Å². The molecule has 0 saturated heterocycles. The maximum atomic E-state index is 6.00. The van der Waals surface area contributed by atoms with Gasteiger partial charge in [0.05, 0.1) is 22.8 Å². The van der Waals surface area contributed by atoms with Crippen molar-refractivity contribution in [2.75, 3.05) is 5.32 Å². The van der Waals surface area contributed by atoms with E-state index < -0.39 is 0 Å². The third-order valence-electron chi connectivity index (χ3n) is 1.73. The molecule has 0 fully saturated rings. The van der Waals surface area contributed by atoms with Crippen LogP contribution in [0.25, 0.3) is 0 Å². The molecule has 0 radical (unpaired) electrons. The van der Waals surface area contributed by atoms with E-state index in [-0.39, 0.29) is 0 Å². The second-order valence-electron chi connectivity index (χ2n) is 2.82. The van der Waals surface area contributed by atoms with Gasteiger partial charge in [0.2, 0.25) is 0 Å². The number of aromatic nitrogens is 2. The number of thiazole rings is 1. The normalized spacial score (nSPS) is 10.3. The molecule has 1 N–H and O–H groups in total. The van der Waals surface area contributed by atoms with E-state index in [4.69, 9.17) is 11.6 Å². The minimum absolute atomic E-state index is 0.597. The fourth-order valence-electron chi connectivity index (χ4n) is 1.04. The lowest BCUT2D eigenvalue weighted by Crippen LogP contribution is -2.01. The Morgan fingerprint density at radius 3 is 3.00 bits per heavy atom. The molecule has 0 amide bonds. The number of nitrogens with zero attached hydrogens (tertiary/aromatic N) is 2. The highest BCUT2D eigenvalue weighted by molar-refractivity contribution is 9.10. The van der Waals surface area contributed by atoms with Crippen LogP contribution in [0.1, 0.15) is 5.69 Å². The van der Waals surface area contributed by atoms with Crippen molar-refractivity contribution in [3.8, 4) is 0 Å². The molecule has 6 heteroatoms. The first-order valence-corrected chi connectivity index (χ1v) is 6.29. The van der Waals surface area contributed by atoms with Crippen LogP contribution in [0.2, 0.25) is 5.02 Å². The van der Waals surface area contributed by atoms with Crippen molar-refractivity contribution in [2.45, 2.75) is 6.54 Å². The lowest BCUT2D eigenvalue weighted by atomic mass is 10.4. The van der Waals surface area contributed by atoms with Crippen molar-refractivity contribution in [1.29, 1.82) is 0 Å². The molecule has 3 nitrogen and oxygen atoms in total. The quantitative estimate of drug-likeness (QED) is 0.942. The summed E-state index contributed by atoms with van der Waals surface area (Å²) in [5, 5.41) is 5.71. The molecule has 0 aliphatic carbocycles. The Bertz CT molecular complexity index is 447. The number of hydrogen-bond acceptors (Lipinski definition) is 4. The first-order chi connectivity index (χ1) is 7.25. The Balaban J connectivity index is 2.05. The van der Waals surface area contributed by atoms with E-state index in [2.05, 4.69) is 31.2 Å². The van der Waals surface area contributed by atoms with Crippen LogP contribution in [0, 0.1) is 0 Å². The molecule has 0 saturated carbocycles. The van der Waals surface area contributed by atoms with E-state index >= 15 is 0 Å². The number of nitrogens with one attached hydrogen (secondary N) is 1. The predicted octanol–water partition coefficient (Wildman–Crippen LogP) is 3.57. The minimum atomic E-state index is 0.597. The standard InChI is InChI=1S/C9H7BrClN3S/c10-6-1-8(11)9(12-2-6)13-3-7-4-15-5-14-7/h1-2,4-5H,3H2,(H,12,13). The van der Waals surface area contributed by atoms with Crippen molar-refractivity contribution in [2.24, 2.45) is 0 Å². The van der Waals surface area contributed by atoms with Crippen molar-refractivity contribution >= 4 is 44.7 Å². The zero-order chi connectivity index (χ0) is 10.7. The van der Waals surface area contributed by atoms with Gasteiger partial charge in [-0.25, -0.2) is 9.97 Å². The van der Waals surface area contributed by atoms with Gasteiger partial charge >= 0.3 is 0 Å². The van der Waals surface area contributed by atoms with Crippen LogP contribution in [-0.4, -0.2) is 9.97 Å². The van der Waals surface area contributed by atoms with E-state index in [0.29, 0.717) is 17.4 Å². The molecule has 0 aromatic carbocycles. The summed E-state index contributed by atoms with van der Waals surface area (Å²) < 4.78 is 0.867. The monoisotopic (exact) mass is 303 g/mol. The Kier molecular flexibility index (Phi) is 3.56. The number of halogens is 2. The first kappa shape index (κ1) is 10.9. The average Bonchev–Trinajstić information content (AvgIpc) is 2.69. The van der Waals surface area contributed by atoms with Crippen LogP contribution < -0.4 is 5.32 Å². The van der Waals surface area contributed by atoms with Gasteiger partial charge < -0.3 is 5.32 Å². The zero-order valence-electron chi connectivity index (χ0n) is 7.58. The Labute approximate surface area is 105 Å². The van der Waals surface area contributed by atoms with E-state index in [1.807, 2.05) is 5.38 Å². The van der Waals surface area contributed by atoms with Gasteiger partial charge in [-0.15, -0.1) is 11.3 Å². The van der Waals surface area contributed by atoms with E-state index in [0.717, 1.165) is 10.2 Å². The van der Waals surface area contributed by atoms with Gasteiger partial charge in [0.25, 0.3) is 0 Å². The topological polar surface area (TPSA) is 37.8 Å². The summed E-state index contributed by atoms with van der Waals surface area (Å²) in [6, 6.07) is 1.80. The number of anilines is 1. The van der Waals surface area contributed by atoms with Crippen LogP contribution in [0.5, 0.6) is 0 Å². The summed E-state index contributed by atoms with van der Waals surface area (Å²) in [6.45, 7) is 0.637. The number of pyridine rings is 1. The van der Waals surface area contributed by atoms with Gasteiger partial charge in [0.1, 0.15) is 5.82 Å².